The Kier molecular flexibility index (Phi) is 3.69. The van der Waals surface area contributed by atoms with Crippen LogP contribution in [0.15, 0.2) is 53.0 Å². The molecule has 1 nitrogen and oxygen atoms in total. The van der Waals surface area contributed by atoms with Gasteiger partial charge in [0.05, 0.1) is 6.04 Å². The molecular weight excluding hydrogens is 341 g/mol. The minimum absolute atomic E-state index is 0.160. The fourth-order valence-corrected chi connectivity index (χ4v) is 3.84. The molecule has 0 spiro atoms. The summed E-state index contributed by atoms with van der Waals surface area (Å²) in [6.45, 7) is 0.491. The molecule has 3 heteroatoms. The maximum absolute atomic E-state index is 14.2. The number of hydrogen-bond acceptors (Lipinski definition) is 1. The van der Waals surface area contributed by atoms with Gasteiger partial charge >= 0.3 is 0 Å². The van der Waals surface area contributed by atoms with Crippen molar-refractivity contribution in [3.63, 3.8) is 0 Å². The van der Waals surface area contributed by atoms with Gasteiger partial charge in [0.1, 0.15) is 6.17 Å². The molecule has 2 atom stereocenters. The van der Waals surface area contributed by atoms with E-state index in [0.717, 1.165) is 10.2 Å². The number of benzene rings is 2. The quantitative estimate of drug-likeness (QED) is 0.687. The molecule has 2 unspecified atom stereocenters. The summed E-state index contributed by atoms with van der Waals surface area (Å²) in [4.78, 5) is 2.23. The summed E-state index contributed by atoms with van der Waals surface area (Å²) < 4.78 is 15.2. The number of rotatable bonds is 3. The minimum Gasteiger partial charge on any atom is -0.361 e. The maximum atomic E-state index is 14.2. The molecule has 1 heterocycles. The smallest absolute Gasteiger partial charge is 0.120 e. The molecule has 1 saturated heterocycles. The van der Waals surface area contributed by atoms with Gasteiger partial charge in [0.2, 0.25) is 0 Å². The Morgan fingerprint density at radius 1 is 0.955 bits per heavy atom. The van der Waals surface area contributed by atoms with Crippen LogP contribution in [0.2, 0.25) is 0 Å². The number of nitrogens with zero attached hydrogens (tertiary/aromatic N) is 1. The predicted molar refractivity (Wildman–Crippen MR) is 92.2 cm³/mol. The zero-order chi connectivity index (χ0) is 15.1. The standard InChI is InChI=1S/C19H19BrFN/c20-14-7-9-16(10-8-14)22-12-15(21)11-19(22)18-4-2-1-3-17(18)13-5-6-13/h1-4,7-10,13,15,19H,5-6,11-12H2. The Balaban J connectivity index is 1.71. The number of halogens is 2. The van der Waals surface area contributed by atoms with Crippen LogP contribution in [0.5, 0.6) is 0 Å². The Hall–Kier alpha value is -1.35. The van der Waals surface area contributed by atoms with Crippen LogP contribution in [0.3, 0.4) is 0 Å². The lowest BCUT2D eigenvalue weighted by atomic mass is 9.95. The molecule has 114 valence electrons. The summed E-state index contributed by atoms with van der Waals surface area (Å²) in [6.07, 6.45) is 2.41. The van der Waals surface area contributed by atoms with Crippen molar-refractivity contribution in [2.45, 2.75) is 37.4 Å². The van der Waals surface area contributed by atoms with Gasteiger partial charge in [-0.2, -0.15) is 0 Å². The summed E-state index contributed by atoms with van der Waals surface area (Å²) in [5.74, 6) is 0.696. The zero-order valence-corrected chi connectivity index (χ0v) is 14.0. The molecule has 2 aromatic rings. The third kappa shape index (κ3) is 2.67. The second-order valence-electron chi connectivity index (χ2n) is 6.38. The first-order valence-electron chi connectivity index (χ1n) is 7.97. The molecular formula is C19H19BrFN. The van der Waals surface area contributed by atoms with E-state index in [1.807, 2.05) is 12.1 Å². The van der Waals surface area contributed by atoms with Crippen molar-refractivity contribution in [2.24, 2.45) is 0 Å². The van der Waals surface area contributed by atoms with Crippen molar-refractivity contribution in [1.29, 1.82) is 0 Å². The lowest BCUT2D eigenvalue weighted by Crippen LogP contribution is -2.24. The highest BCUT2D eigenvalue weighted by Gasteiger charge is 2.36. The van der Waals surface area contributed by atoms with Crippen molar-refractivity contribution in [3.8, 4) is 0 Å². The van der Waals surface area contributed by atoms with Crippen LogP contribution in [0.1, 0.15) is 42.3 Å². The molecule has 1 saturated carbocycles. The van der Waals surface area contributed by atoms with E-state index in [2.05, 4.69) is 57.2 Å². The molecule has 1 aliphatic carbocycles. The first-order valence-corrected chi connectivity index (χ1v) is 8.77. The van der Waals surface area contributed by atoms with Crippen LogP contribution < -0.4 is 4.90 Å². The van der Waals surface area contributed by atoms with Gasteiger partial charge in [0.15, 0.2) is 0 Å². The summed E-state index contributed by atoms with van der Waals surface area (Å²) in [7, 11) is 0. The van der Waals surface area contributed by atoms with Gasteiger partial charge in [0.25, 0.3) is 0 Å². The van der Waals surface area contributed by atoms with E-state index in [4.69, 9.17) is 0 Å². The molecule has 2 fully saturated rings. The van der Waals surface area contributed by atoms with Crippen molar-refractivity contribution in [1.82, 2.24) is 0 Å². The molecule has 2 aliphatic rings. The van der Waals surface area contributed by atoms with Crippen molar-refractivity contribution < 1.29 is 4.39 Å². The van der Waals surface area contributed by atoms with Crippen molar-refractivity contribution in [2.75, 3.05) is 11.4 Å². The van der Waals surface area contributed by atoms with E-state index in [9.17, 15) is 4.39 Å². The number of anilines is 1. The van der Waals surface area contributed by atoms with E-state index < -0.39 is 6.17 Å². The highest BCUT2D eigenvalue weighted by molar-refractivity contribution is 9.10. The molecule has 0 bridgehead atoms. The third-order valence-electron chi connectivity index (χ3n) is 4.78. The fourth-order valence-electron chi connectivity index (χ4n) is 3.58. The monoisotopic (exact) mass is 359 g/mol. The molecule has 0 amide bonds. The average Bonchev–Trinajstić information content (AvgIpc) is 3.31. The highest BCUT2D eigenvalue weighted by Crippen LogP contribution is 2.46. The van der Waals surface area contributed by atoms with E-state index in [0.29, 0.717) is 18.9 Å². The SMILES string of the molecule is FC1CC(c2ccccc2C2CC2)N(c2ccc(Br)cc2)C1. The molecule has 22 heavy (non-hydrogen) atoms. The van der Waals surface area contributed by atoms with Crippen LogP contribution in [0.25, 0.3) is 0 Å². The van der Waals surface area contributed by atoms with Gasteiger partial charge < -0.3 is 4.90 Å². The molecule has 0 aromatic heterocycles. The summed E-state index contributed by atoms with van der Waals surface area (Å²) >= 11 is 3.47. The maximum Gasteiger partial charge on any atom is 0.120 e. The topological polar surface area (TPSA) is 3.24 Å². The zero-order valence-electron chi connectivity index (χ0n) is 12.4. The van der Waals surface area contributed by atoms with Crippen LogP contribution in [0.4, 0.5) is 10.1 Å². The molecule has 0 N–H and O–H groups in total. The Morgan fingerprint density at radius 2 is 1.64 bits per heavy atom. The summed E-state index contributed by atoms with van der Waals surface area (Å²) in [5, 5.41) is 0. The van der Waals surface area contributed by atoms with Crippen LogP contribution >= 0.6 is 15.9 Å². The van der Waals surface area contributed by atoms with E-state index in [1.165, 1.54) is 24.0 Å². The Labute approximate surface area is 139 Å². The number of hydrogen-bond donors (Lipinski definition) is 0. The van der Waals surface area contributed by atoms with E-state index in [1.54, 1.807) is 0 Å². The molecule has 0 radical (unpaired) electrons. The Bertz CT molecular complexity index is 665. The lowest BCUT2D eigenvalue weighted by Gasteiger charge is -2.28. The minimum atomic E-state index is -0.749. The normalized spacial score (nSPS) is 24.7. The van der Waals surface area contributed by atoms with E-state index >= 15 is 0 Å². The highest BCUT2D eigenvalue weighted by atomic mass is 79.9. The van der Waals surface area contributed by atoms with Crippen LogP contribution in [-0.2, 0) is 0 Å². The second-order valence-corrected chi connectivity index (χ2v) is 7.30. The molecule has 4 rings (SSSR count). The second kappa shape index (κ2) is 5.69. The van der Waals surface area contributed by atoms with Gasteiger partial charge in [-0.25, -0.2) is 4.39 Å². The van der Waals surface area contributed by atoms with Crippen LogP contribution in [-0.4, -0.2) is 12.7 Å². The fraction of sp³-hybridized carbons (Fsp3) is 0.368. The van der Waals surface area contributed by atoms with Gasteiger partial charge in [-0.3, -0.25) is 0 Å². The van der Waals surface area contributed by atoms with Gasteiger partial charge in [0, 0.05) is 23.1 Å². The first kappa shape index (κ1) is 14.3. The number of alkyl halides is 1. The summed E-state index contributed by atoms with van der Waals surface area (Å²) in [5.41, 5.74) is 3.87. The molecule has 2 aromatic carbocycles. The summed E-state index contributed by atoms with van der Waals surface area (Å²) in [6, 6.07) is 17.0. The Morgan fingerprint density at radius 3 is 2.32 bits per heavy atom. The van der Waals surface area contributed by atoms with Gasteiger partial charge in [-0.1, -0.05) is 40.2 Å². The first-order chi connectivity index (χ1) is 10.7. The molecule has 1 aliphatic heterocycles. The van der Waals surface area contributed by atoms with E-state index in [-0.39, 0.29) is 6.04 Å². The van der Waals surface area contributed by atoms with Crippen molar-refractivity contribution in [3.05, 3.63) is 64.1 Å². The predicted octanol–water partition coefficient (Wildman–Crippen LogP) is 5.62. The van der Waals surface area contributed by atoms with Crippen molar-refractivity contribution >= 4 is 21.6 Å². The lowest BCUT2D eigenvalue weighted by molar-refractivity contribution is 0.356. The van der Waals surface area contributed by atoms with Gasteiger partial charge in [-0.05, 0) is 54.2 Å². The average molecular weight is 360 g/mol. The van der Waals surface area contributed by atoms with Crippen LogP contribution in [0, 0.1) is 0 Å². The largest absolute Gasteiger partial charge is 0.361 e. The third-order valence-corrected chi connectivity index (χ3v) is 5.31. The van der Waals surface area contributed by atoms with Gasteiger partial charge in [-0.15, -0.1) is 0 Å².